The lowest BCUT2D eigenvalue weighted by Gasteiger charge is -2.28. The van der Waals surface area contributed by atoms with Crippen LogP contribution in [0.25, 0.3) is 0 Å². The number of thioether (sulfide) groups is 1. The van der Waals surface area contributed by atoms with Gasteiger partial charge in [-0.3, -0.25) is 4.79 Å². The molecular formula is C16H20N2OS. The van der Waals surface area contributed by atoms with Crippen molar-refractivity contribution in [1.82, 2.24) is 5.32 Å². The van der Waals surface area contributed by atoms with Crippen LogP contribution in [0.4, 0.5) is 0 Å². The first kappa shape index (κ1) is 14.9. The molecule has 0 bridgehead atoms. The molecule has 2 rings (SSSR count). The highest BCUT2D eigenvalue weighted by Crippen LogP contribution is 2.26. The lowest BCUT2D eigenvalue weighted by Crippen LogP contribution is -2.38. The van der Waals surface area contributed by atoms with Gasteiger partial charge in [-0.1, -0.05) is 12.1 Å². The Balaban J connectivity index is 1.79. The molecule has 1 aliphatic carbocycles. The van der Waals surface area contributed by atoms with Crippen molar-refractivity contribution >= 4 is 17.7 Å². The van der Waals surface area contributed by atoms with Gasteiger partial charge < -0.3 is 5.32 Å². The van der Waals surface area contributed by atoms with E-state index in [4.69, 9.17) is 5.26 Å². The van der Waals surface area contributed by atoms with Crippen LogP contribution in [0.5, 0.6) is 0 Å². The van der Waals surface area contributed by atoms with Gasteiger partial charge in [0, 0.05) is 11.3 Å². The summed E-state index contributed by atoms with van der Waals surface area (Å²) < 4.78 is 0. The predicted octanol–water partition coefficient (Wildman–Crippen LogP) is 2.89. The molecule has 0 radical (unpaired) electrons. The maximum Gasteiger partial charge on any atom is 0.224 e. The van der Waals surface area contributed by atoms with Crippen molar-refractivity contribution in [2.75, 3.05) is 6.26 Å². The fraction of sp³-hybridized carbons (Fsp3) is 0.500. The molecule has 0 atom stereocenters. The Bertz CT molecular complexity index is 484. The summed E-state index contributed by atoms with van der Waals surface area (Å²) >= 11 is 1.93. The van der Waals surface area contributed by atoms with Gasteiger partial charge in [-0.05, 0) is 49.6 Å². The van der Waals surface area contributed by atoms with Crippen LogP contribution >= 0.6 is 11.8 Å². The average molecular weight is 288 g/mol. The van der Waals surface area contributed by atoms with E-state index in [0.717, 1.165) is 23.7 Å². The molecule has 106 valence electrons. The molecule has 0 aliphatic heterocycles. The lowest BCUT2D eigenvalue weighted by atomic mass is 9.94. The molecular weight excluding hydrogens is 268 g/mol. The summed E-state index contributed by atoms with van der Waals surface area (Å²) in [4.78, 5) is 12.0. The van der Waals surface area contributed by atoms with Gasteiger partial charge in [0.05, 0.1) is 18.1 Å². The molecule has 0 aromatic heterocycles. The lowest BCUT2D eigenvalue weighted by molar-refractivity contribution is -0.121. The summed E-state index contributed by atoms with van der Waals surface area (Å²) in [7, 11) is 0. The summed E-state index contributed by atoms with van der Waals surface area (Å²) in [5.41, 5.74) is 1.59. The normalized spacial score (nSPS) is 22.0. The Labute approximate surface area is 124 Å². The molecule has 1 saturated carbocycles. The first-order valence-electron chi connectivity index (χ1n) is 7.02. The molecule has 0 saturated heterocycles. The summed E-state index contributed by atoms with van der Waals surface area (Å²) in [5.74, 6) is 0.0855. The second kappa shape index (κ2) is 7.35. The van der Waals surface area contributed by atoms with E-state index in [0.29, 0.717) is 18.0 Å². The third-order valence-corrected chi connectivity index (χ3v) is 4.96. The van der Waals surface area contributed by atoms with E-state index in [-0.39, 0.29) is 5.91 Å². The number of nitrogens with one attached hydrogen (secondary N) is 1. The molecule has 1 aromatic rings. The maximum absolute atomic E-state index is 12.0. The third kappa shape index (κ3) is 4.28. The van der Waals surface area contributed by atoms with E-state index in [1.54, 1.807) is 12.1 Å². The zero-order valence-corrected chi connectivity index (χ0v) is 12.6. The van der Waals surface area contributed by atoms with Crippen molar-refractivity contribution in [2.45, 2.75) is 43.4 Å². The van der Waals surface area contributed by atoms with Crippen LogP contribution in [0, 0.1) is 11.3 Å². The standard InChI is InChI=1S/C16H20N2OS/c1-20-15-8-6-14(7-9-15)18-16(19)10-12-2-4-13(11-17)5-3-12/h2-5,14-15H,6-10H2,1H3,(H,18,19). The van der Waals surface area contributed by atoms with Crippen LogP contribution in [0.2, 0.25) is 0 Å². The molecule has 20 heavy (non-hydrogen) atoms. The van der Waals surface area contributed by atoms with Gasteiger partial charge in [-0.25, -0.2) is 0 Å². The monoisotopic (exact) mass is 288 g/mol. The summed E-state index contributed by atoms with van der Waals surface area (Å²) in [5, 5.41) is 12.6. The number of hydrogen-bond acceptors (Lipinski definition) is 3. The Morgan fingerprint density at radius 1 is 1.30 bits per heavy atom. The van der Waals surface area contributed by atoms with Crippen molar-refractivity contribution in [3.05, 3.63) is 35.4 Å². The first-order chi connectivity index (χ1) is 9.71. The fourth-order valence-electron chi connectivity index (χ4n) is 2.60. The summed E-state index contributed by atoms with van der Waals surface area (Å²) in [6, 6.07) is 9.63. The Hall–Kier alpha value is -1.47. The molecule has 1 fully saturated rings. The van der Waals surface area contributed by atoms with E-state index in [1.165, 1.54) is 12.8 Å². The number of hydrogen-bond donors (Lipinski definition) is 1. The molecule has 0 spiro atoms. The number of nitrogens with zero attached hydrogens (tertiary/aromatic N) is 1. The number of amides is 1. The number of carbonyl (C=O) groups is 1. The summed E-state index contributed by atoms with van der Waals surface area (Å²) in [6.45, 7) is 0. The minimum Gasteiger partial charge on any atom is -0.353 e. The average Bonchev–Trinajstić information content (AvgIpc) is 2.49. The minimum atomic E-state index is 0.0855. The van der Waals surface area contributed by atoms with Crippen LogP contribution in [0.3, 0.4) is 0 Å². The Kier molecular flexibility index (Phi) is 5.49. The molecule has 1 aromatic carbocycles. The second-order valence-electron chi connectivity index (χ2n) is 5.26. The van der Waals surface area contributed by atoms with Gasteiger partial charge in [0.2, 0.25) is 5.91 Å². The molecule has 1 amide bonds. The largest absolute Gasteiger partial charge is 0.353 e. The van der Waals surface area contributed by atoms with E-state index < -0.39 is 0 Å². The van der Waals surface area contributed by atoms with E-state index in [1.807, 2.05) is 23.9 Å². The van der Waals surface area contributed by atoms with Crippen molar-refractivity contribution in [3.63, 3.8) is 0 Å². The predicted molar refractivity (Wildman–Crippen MR) is 82.6 cm³/mol. The smallest absolute Gasteiger partial charge is 0.224 e. The van der Waals surface area contributed by atoms with Gasteiger partial charge in [-0.2, -0.15) is 17.0 Å². The number of benzene rings is 1. The minimum absolute atomic E-state index is 0.0855. The molecule has 0 heterocycles. The van der Waals surface area contributed by atoms with E-state index in [2.05, 4.69) is 17.6 Å². The van der Waals surface area contributed by atoms with Gasteiger partial charge in [0.25, 0.3) is 0 Å². The molecule has 1 aliphatic rings. The van der Waals surface area contributed by atoms with E-state index in [9.17, 15) is 4.79 Å². The van der Waals surface area contributed by atoms with Crippen molar-refractivity contribution in [1.29, 1.82) is 5.26 Å². The molecule has 4 heteroatoms. The number of carbonyl (C=O) groups excluding carboxylic acids is 1. The van der Waals surface area contributed by atoms with Gasteiger partial charge >= 0.3 is 0 Å². The number of rotatable bonds is 4. The van der Waals surface area contributed by atoms with Crippen LogP contribution < -0.4 is 5.32 Å². The van der Waals surface area contributed by atoms with Crippen LogP contribution in [0.15, 0.2) is 24.3 Å². The van der Waals surface area contributed by atoms with Gasteiger partial charge in [0.15, 0.2) is 0 Å². The topological polar surface area (TPSA) is 52.9 Å². The zero-order chi connectivity index (χ0) is 14.4. The third-order valence-electron chi connectivity index (χ3n) is 3.82. The molecule has 0 unspecified atom stereocenters. The summed E-state index contributed by atoms with van der Waals surface area (Å²) in [6.07, 6.45) is 7.13. The second-order valence-corrected chi connectivity index (χ2v) is 6.40. The van der Waals surface area contributed by atoms with Crippen molar-refractivity contribution in [2.24, 2.45) is 0 Å². The Morgan fingerprint density at radius 2 is 1.95 bits per heavy atom. The molecule has 3 nitrogen and oxygen atoms in total. The SMILES string of the molecule is CSC1CCC(NC(=O)Cc2ccc(C#N)cc2)CC1. The zero-order valence-electron chi connectivity index (χ0n) is 11.8. The highest BCUT2D eigenvalue weighted by molar-refractivity contribution is 7.99. The Morgan fingerprint density at radius 3 is 2.50 bits per heavy atom. The highest BCUT2D eigenvalue weighted by Gasteiger charge is 2.21. The quantitative estimate of drug-likeness (QED) is 0.927. The van der Waals surface area contributed by atoms with Crippen molar-refractivity contribution in [3.8, 4) is 6.07 Å². The van der Waals surface area contributed by atoms with Crippen LogP contribution in [0.1, 0.15) is 36.8 Å². The van der Waals surface area contributed by atoms with Gasteiger partial charge in [-0.15, -0.1) is 0 Å². The number of nitriles is 1. The highest BCUT2D eigenvalue weighted by atomic mass is 32.2. The van der Waals surface area contributed by atoms with E-state index >= 15 is 0 Å². The van der Waals surface area contributed by atoms with Crippen LogP contribution in [-0.2, 0) is 11.2 Å². The maximum atomic E-state index is 12.0. The van der Waals surface area contributed by atoms with Crippen molar-refractivity contribution < 1.29 is 4.79 Å². The molecule has 1 N–H and O–H groups in total. The first-order valence-corrected chi connectivity index (χ1v) is 8.31. The fourth-order valence-corrected chi connectivity index (χ4v) is 3.35. The van der Waals surface area contributed by atoms with Gasteiger partial charge in [0.1, 0.15) is 0 Å². The van der Waals surface area contributed by atoms with Crippen LogP contribution in [-0.4, -0.2) is 23.5 Å².